The molecule has 0 aromatic heterocycles. The zero-order valence-electron chi connectivity index (χ0n) is 26.6. The molecule has 0 saturated carbocycles. The molecule has 0 aromatic rings. The van der Waals surface area contributed by atoms with Gasteiger partial charge in [-0.3, -0.25) is 0 Å². The predicted molar refractivity (Wildman–Crippen MR) is 164 cm³/mol. The second kappa shape index (κ2) is 27.2. The monoisotopic (exact) mass is 590 g/mol. The lowest BCUT2D eigenvalue weighted by atomic mass is 9.99. The van der Waals surface area contributed by atoms with E-state index in [1.807, 2.05) is 0 Å². The van der Waals surface area contributed by atoms with Crippen molar-refractivity contribution in [3.63, 3.8) is 0 Å². The normalized spacial score (nSPS) is 23.0. The average molecular weight is 591 g/mol. The van der Waals surface area contributed by atoms with Crippen LogP contribution < -0.4 is 0 Å². The fraction of sp³-hybridized carbons (Fsp3) is 1.00. The van der Waals surface area contributed by atoms with Crippen LogP contribution in [0.2, 0.25) is 0 Å². The van der Waals surface area contributed by atoms with Gasteiger partial charge < -0.3 is 39.4 Å². The van der Waals surface area contributed by atoms with Gasteiger partial charge in [0.2, 0.25) is 0 Å². The third-order valence-electron chi connectivity index (χ3n) is 8.07. The fourth-order valence-corrected chi connectivity index (χ4v) is 5.31. The molecule has 246 valence electrons. The van der Waals surface area contributed by atoms with Gasteiger partial charge in [-0.2, -0.15) is 0 Å². The quantitative estimate of drug-likeness (QED) is 0.0778. The standard InChI is InChI=1S/C33H66O8/c1-3-5-7-9-11-13-15-17-19-21-23-38-26-28(40-33-32(37)31(36)30(35)29(25-34)41-33)27-39-24-22-20-18-16-14-12-10-8-6-4-2/h28-37H,3-27H2,1-2H3/t29-,30-,31+,32-,33-/m1/s1. The summed E-state index contributed by atoms with van der Waals surface area (Å²) in [6.07, 6.45) is 18.3. The molecule has 4 N–H and O–H groups in total. The molecule has 1 heterocycles. The van der Waals surface area contributed by atoms with Crippen molar-refractivity contribution in [3.8, 4) is 0 Å². The number of hydrogen-bond donors (Lipinski definition) is 4. The van der Waals surface area contributed by atoms with Crippen LogP contribution in [0.5, 0.6) is 0 Å². The van der Waals surface area contributed by atoms with E-state index in [9.17, 15) is 20.4 Å². The maximum atomic E-state index is 10.4. The van der Waals surface area contributed by atoms with E-state index in [-0.39, 0.29) is 13.2 Å². The van der Waals surface area contributed by atoms with Crippen LogP contribution in [0.25, 0.3) is 0 Å². The third kappa shape index (κ3) is 19.6. The highest BCUT2D eigenvalue weighted by Gasteiger charge is 2.44. The first-order valence-corrected chi connectivity index (χ1v) is 17.2. The lowest BCUT2D eigenvalue weighted by Gasteiger charge is -2.40. The Balaban J connectivity index is 2.30. The molecule has 0 aromatic carbocycles. The first-order chi connectivity index (χ1) is 20.0. The summed E-state index contributed by atoms with van der Waals surface area (Å²) in [5.41, 5.74) is 0. The lowest BCUT2D eigenvalue weighted by Crippen LogP contribution is -2.60. The van der Waals surface area contributed by atoms with Gasteiger partial charge in [-0.05, 0) is 12.8 Å². The van der Waals surface area contributed by atoms with E-state index < -0.39 is 43.4 Å². The molecule has 1 fully saturated rings. The van der Waals surface area contributed by atoms with E-state index in [0.717, 1.165) is 25.7 Å². The van der Waals surface area contributed by atoms with Crippen LogP contribution in [-0.4, -0.2) is 90.3 Å². The molecule has 8 nitrogen and oxygen atoms in total. The number of aliphatic hydroxyl groups is 4. The molecule has 1 aliphatic heterocycles. The molecule has 1 aliphatic rings. The molecular formula is C33H66O8. The molecule has 1 rings (SSSR count). The number of ether oxygens (including phenoxy) is 4. The Morgan fingerprint density at radius 1 is 0.537 bits per heavy atom. The molecule has 41 heavy (non-hydrogen) atoms. The first-order valence-electron chi connectivity index (χ1n) is 17.2. The van der Waals surface area contributed by atoms with Gasteiger partial charge >= 0.3 is 0 Å². The molecule has 0 spiro atoms. The summed E-state index contributed by atoms with van der Waals surface area (Å²) in [5.74, 6) is 0. The topological polar surface area (TPSA) is 118 Å². The van der Waals surface area contributed by atoms with Crippen LogP contribution in [-0.2, 0) is 18.9 Å². The van der Waals surface area contributed by atoms with Crippen molar-refractivity contribution in [1.82, 2.24) is 0 Å². The highest BCUT2D eigenvalue weighted by molar-refractivity contribution is 4.89. The van der Waals surface area contributed by atoms with Crippen molar-refractivity contribution < 1.29 is 39.4 Å². The Bertz CT molecular complexity index is 521. The van der Waals surface area contributed by atoms with Gasteiger partial charge in [0.1, 0.15) is 30.5 Å². The van der Waals surface area contributed by atoms with Crippen molar-refractivity contribution >= 4 is 0 Å². The van der Waals surface area contributed by atoms with Gasteiger partial charge in [-0.1, -0.05) is 129 Å². The first kappa shape index (κ1) is 38.7. The van der Waals surface area contributed by atoms with Crippen LogP contribution in [0.15, 0.2) is 0 Å². The van der Waals surface area contributed by atoms with Crippen molar-refractivity contribution in [2.75, 3.05) is 33.0 Å². The Morgan fingerprint density at radius 2 is 0.927 bits per heavy atom. The van der Waals surface area contributed by atoms with Crippen LogP contribution >= 0.6 is 0 Å². The van der Waals surface area contributed by atoms with Gasteiger partial charge in [-0.25, -0.2) is 0 Å². The van der Waals surface area contributed by atoms with Crippen molar-refractivity contribution in [2.24, 2.45) is 0 Å². The predicted octanol–water partition coefficient (Wildman–Crippen LogP) is 6.05. The smallest absolute Gasteiger partial charge is 0.187 e. The van der Waals surface area contributed by atoms with Crippen LogP contribution in [0.4, 0.5) is 0 Å². The lowest BCUT2D eigenvalue weighted by molar-refractivity contribution is -0.316. The molecule has 0 radical (unpaired) electrons. The maximum absolute atomic E-state index is 10.4. The van der Waals surface area contributed by atoms with E-state index in [1.54, 1.807) is 0 Å². The summed E-state index contributed by atoms with van der Waals surface area (Å²) in [6, 6.07) is 0. The minimum atomic E-state index is -1.47. The Kier molecular flexibility index (Phi) is 25.7. The zero-order valence-corrected chi connectivity index (χ0v) is 26.6. The van der Waals surface area contributed by atoms with Gasteiger partial charge in [-0.15, -0.1) is 0 Å². The second-order valence-electron chi connectivity index (χ2n) is 12.0. The van der Waals surface area contributed by atoms with Crippen LogP contribution in [0.1, 0.15) is 142 Å². The summed E-state index contributed by atoms with van der Waals surface area (Å²) in [4.78, 5) is 0. The number of rotatable bonds is 29. The molecule has 5 atom stereocenters. The van der Waals surface area contributed by atoms with E-state index in [2.05, 4.69) is 13.8 Å². The fourth-order valence-electron chi connectivity index (χ4n) is 5.31. The summed E-state index contributed by atoms with van der Waals surface area (Å²) in [6.45, 7) is 5.83. The minimum absolute atomic E-state index is 0.282. The van der Waals surface area contributed by atoms with Crippen LogP contribution in [0.3, 0.4) is 0 Å². The number of aliphatic hydroxyl groups excluding tert-OH is 4. The van der Waals surface area contributed by atoms with Gasteiger partial charge in [0.05, 0.1) is 19.8 Å². The molecule has 0 aliphatic carbocycles. The van der Waals surface area contributed by atoms with E-state index in [4.69, 9.17) is 18.9 Å². The van der Waals surface area contributed by atoms with E-state index >= 15 is 0 Å². The molecular weight excluding hydrogens is 524 g/mol. The summed E-state index contributed by atoms with van der Waals surface area (Å²) in [7, 11) is 0. The van der Waals surface area contributed by atoms with Crippen molar-refractivity contribution in [2.45, 2.75) is 179 Å². The average Bonchev–Trinajstić information content (AvgIpc) is 2.98. The van der Waals surface area contributed by atoms with E-state index in [0.29, 0.717) is 13.2 Å². The van der Waals surface area contributed by atoms with Gasteiger partial charge in [0.15, 0.2) is 6.29 Å². The summed E-state index contributed by atoms with van der Waals surface area (Å²) >= 11 is 0. The summed E-state index contributed by atoms with van der Waals surface area (Å²) < 4.78 is 23.3. The molecule has 8 heteroatoms. The van der Waals surface area contributed by atoms with Crippen molar-refractivity contribution in [3.05, 3.63) is 0 Å². The largest absolute Gasteiger partial charge is 0.394 e. The summed E-state index contributed by atoms with van der Waals surface area (Å²) in [5, 5.41) is 40.1. The SMILES string of the molecule is CCCCCCCCCCCCOCC(COCCCCCCCCCCCC)O[C@@H]1O[C@H](CO)[C@@H](O)[C@H](O)[C@H]1O. The van der Waals surface area contributed by atoms with Crippen LogP contribution in [0, 0.1) is 0 Å². The maximum Gasteiger partial charge on any atom is 0.187 e. The highest BCUT2D eigenvalue weighted by Crippen LogP contribution is 2.23. The highest BCUT2D eigenvalue weighted by atomic mass is 16.7. The molecule has 0 amide bonds. The second-order valence-corrected chi connectivity index (χ2v) is 12.0. The number of hydrogen-bond acceptors (Lipinski definition) is 8. The van der Waals surface area contributed by atoms with Gasteiger partial charge in [0.25, 0.3) is 0 Å². The van der Waals surface area contributed by atoms with E-state index in [1.165, 1.54) is 103 Å². The molecule has 1 saturated heterocycles. The molecule has 0 unspecified atom stereocenters. The zero-order chi connectivity index (χ0) is 30.0. The Morgan fingerprint density at radius 3 is 1.32 bits per heavy atom. The minimum Gasteiger partial charge on any atom is -0.394 e. The van der Waals surface area contributed by atoms with Gasteiger partial charge in [0, 0.05) is 13.2 Å². The van der Waals surface area contributed by atoms with Crippen molar-refractivity contribution in [1.29, 1.82) is 0 Å². The molecule has 0 bridgehead atoms. The number of unbranched alkanes of at least 4 members (excludes halogenated alkanes) is 18. The Hall–Kier alpha value is -0.320. The third-order valence-corrected chi connectivity index (χ3v) is 8.07. The Labute approximate surface area is 251 Å².